The molecule has 1 fully saturated rings. The number of aromatic nitrogens is 4. The van der Waals surface area contributed by atoms with E-state index in [1.807, 2.05) is 24.3 Å². The monoisotopic (exact) mass is 381 g/mol. The lowest BCUT2D eigenvalue weighted by molar-refractivity contribution is -0.280. The summed E-state index contributed by atoms with van der Waals surface area (Å²) in [5.41, 5.74) is 2.08. The third-order valence-corrected chi connectivity index (χ3v) is 6.05. The van der Waals surface area contributed by atoms with Crippen molar-refractivity contribution in [2.75, 3.05) is 6.61 Å². The van der Waals surface area contributed by atoms with E-state index >= 15 is 0 Å². The van der Waals surface area contributed by atoms with E-state index in [1.165, 1.54) is 22.1 Å². The molecule has 0 aliphatic carbocycles. The third kappa shape index (κ3) is 2.64. The molecule has 0 bridgehead atoms. The van der Waals surface area contributed by atoms with Gasteiger partial charge in [0.2, 0.25) is 5.13 Å². The van der Waals surface area contributed by atoms with Crippen LogP contribution in [0.15, 0.2) is 35.1 Å². The van der Waals surface area contributed by atoms with Crippen LogP contribution in [0.4, 0.5) is 0 Å². The molecule has 7 nitrogen and oxygen atoms in total. The normalized spacial score (nSPS) is 17.3. The van der Waals surface area contributed by atoms with E-state index in [-0.39, 0.29) is 17.5 Å². The van der Waals surface area contributed by atoms with Gasteiger partial charge in [0.25, 0.3) is 5.56 Å². The van der Waals surface area contributed by atoms with Crippen LogP contribution in [0.3, 0.4) is 0 Å². The van der Waals surface area contributed by atoms with Crippen molar-refractivity contribution in [2.24, 2.45) is 0 Å². The molecule has 1 aromatic heterocycles. The van der Waals surface area contributed by atoms with Crippen LogP contribution in [0.2, 0.25) is 0 Å². The van der Waals surface area contributed by atoms with Crippen LogP contribution in [0, 0.1) is 6.92 Å². The summed E-state index contributed by atoms with van der Waals surface area (Å²) in [4.78, 5) is 17.6. The molecule has 0 amide bonds. The number of nitrogens with zero attached hydrogens (tertiary/aromatic N) is 4. The Labute approximate surface area is 158 Å². The maximum atomic E-state index is 13.0. The summed E-state index contributed by atoms with van der Waals surface area (Å²) in [7, 11) is 0. The molecule has 0 saturated carbocycles. The van der Waals surface area contributed by atoms with Crippen molar-refractivity contribution in [1.82, 2.24) is 19.3 Å². The Morgan fingerprint density at radius 1 is 1.37 bits per heavy atom. The van der Waals surface area contributed by atoms with Crippen LogP contribution in [0.5, 0.6) is 5.88 Å². The van der Waals surface area contributed by atoms with E-state index in [0.29, 0.717) is 28.6 Å². The van der Waals surface area contributed by atoms with Crippen LogP contribution in [-0.4, -0.2) is 32.0 Å². The van der Waals surface area contributed by atoms with Gasteiger partial charge >= 0.3 is 0 Å². The van der Waals surface area contributed by atoms with E-state index in [1.54, 1.807) is 11.5 Å². The van der Waals surface area contributed by atoms with E-state index in [2.05, 4.69) is 10.1 Å². The van der Waals surface area contributed by atoms with Gasteiger partial charge < -0.3 is 14.4 Å². The molecule has 3 aliphatic rings. The highest BCUT2D eigenvalue weighted by molar-refractivity contribution is 7.20. The fourth-order valence-corrected chi connectivity index (χ4v) is 4.57. The Morgan fingerprint density at radius 3 is 3.00 bits per heavy atom. The second kappa shape index (κ2) is 6.17. The fraction of sp³-hybridized carbons (Fsp3) is 0.316. The molecule has 1 saturated heterocycles. The highest BCUT2D eigenvalue weighted by atomic mass is 32.1. The second-order valence-electron chi connectivity index (χ2n) is 6.75. The van der Waals surface area contributed by atoms with Gasteiger partial charge in [0.05, 0.1) is 27.6 Å². The molecule has 5 rings (SSSR count). The minimum absolute atomic E-state index is 0.0215. The smallest absolute Gasteiger partial charge is 0.284 e. The standard InChI is InChI=1S/C19H18N4O3S/c1-11-17-14(9-16(24)22(11)10-12-5-4-8-26-12)21-23(18(17)25)19-20-13-6-2-3-7-15(13)27-19/h2-3,6-7,9,12,24H,4-5,8,10H2,1H3/p-1/t12-/m1/s1. The number of hydrogen-bond acceptors (Lipinski definition) is 6. The highest BCUT2D eigenvalue weighted by Gasteiger charge is 2.24. The summed E-state index contributed by atoms with van der Waals surface area (Å²) >= 11 is 1.40. The van der Waals surface area contributed by atoms with Crippen molar-refractivity contribution >= 4 is 21.6 Å². The van der Waals surface area contributed by atoms with Crippen LogP contribution < -0.4 is 10.7 Å². The SMILES string of the molecule is Cc1c2c(=O)n(-c3nc4ccccc4s3)nc-2cc([O-])n1C[C@H]1CCCO1. The maximum Gasteiger partial charge on any atom is 0.284 e. The Balaban J connectivity index is 1.65. The summed E-state index contributed by atoms with van der Waals surface area (Å²) in [6.07, 6.45) is 1.95. The summed E-state index contributed by atoms with van der Waals surface area (Å²) in [6.45, 7) is 2.99. The van der Waals surface area contributed by atoms with Crippen molar-refractivity contribution in [2.45, 2.75) is 32.4 Å². The van der Waals surface area contributed by atoms with Gasteiger partial charge in [0.15, 0.2) is 0 Å². The summed E-state index contributed by atoms with van der Waals surface area (Å²) in [6, 6.07) is 9.14. The average molecular weight is 381 g/mol. The van der Waals surface area contributed by atoms with Crippen molar-refractivity contribution < 1.29 is 9.84 Å². The number of rotatable bonds is 3. The summed E-state index contributed by atoms with van der Waals surface area (Å²) in [5, 5.41) is 17.5. The Morgan fingerprint density at radius 2 is 2.22 bits per heavy atom. The van der Waals surface area contributed by atoms with Gasteiger partial charge in [0.1, 0.15) is 0 Å². The molecule has 1 atom stereocenters. The summed E-state index contributed by atoms with van der Waals surface area (Å²) < 4.78 is 9.57. The lowest BCUT2D eigenvalue weighted by Crippen LogP contribution is -2.22. The molecule has 4 heterocycles. The Bertz CT molecular complexity index is 1140. The molecule has 0 N–H and O–H groups in total. The van der Waals surface area contributed by atoms with Crippen molar-refractivity contribution in [3.63, 3.8) is 0 Å². The quantitative estimate of drug-likeness (QED) is 0.544. The molecule has 0 spiro atoms. The van der Waals surface area contributed by atoms with Crippen molar-refractivity contribution in [1.29, 1.82) is 0 Å². The zero-order valence-electron chi connectivity index (χ0n) is 14.7. The molecule has 138 valence electrons. The first-order valence-electron chi connectivity index (χ1n) is 8.89. The van der Waals surface area contributed by atoms with Crippen LogP contribution >= 0.6 is 11.3 Å². The Kier molecular flexibility index (Phi) is 3.76. The predicted molar refractivity (Wildman–Crippen MR) is 101 cm³/mol. The van der Waals surface area contributed by atoms with E-state index in [4.69, 9.17) is 4.74 Å². The summed E-state index contributed by atoms with van der Waals surface area (Å²) in [5.74, 6) is -0.163. The number of para-hydroxylation sites is 1. The molecule has 1 aromatic carbocycles. The average Bonchev–Trinajstić information content (AvgIpc) is 3.37. The highest BCUT2D eigenvalue weighted by Crippen LogP contribution is 2.29. The van der Waals surface area contributed by atoms with Crippen LogP contribution in [0.25, 0.3) is 26.6 Å². The predicted octanol–water partition coefficient (Wildman–Crippen LogP) is 2.31. The van der Waals surface area contributed by atoms with Gasteiger partial charge in [-0.1, -0.05) is 23.5 Å². The Hall–Kier alpha value is -2.71. The molecule has 3 aliphatic heterocycles. The third-order valence-electron chi connectivity index (χ3n) is 5.04. The largest absolute Gasteiger partial charge is 0.860 e. The van der Waals surface area contributed by atoms with Gasteiger partial charge in [-0.2, -0.15) is 9.78 Å². The zero-order chi connectivity index (χ0) is 18.5. The molecule has 2 aromatic rings. The van der Waals surface area contributed by atoms with E-state index in [0.717, 1.165) is 29.7 Å². The van der Waals surface area contributed by atoms with E-state index in [9.17, 15) is 9.90 Å². The van der Waals surface area contributed by atoms with Gasteiger partial charge in [-0.3, -0.25) is 4.79 Å². The molecule has 0 unspecified atom stereocenters. The molecular weight excluding hydrogens is 364 g/mol. The van der Waals surface area contributed by atoms with Gasteiger partial charge in [-0.15, -0.1) is 0 Å². The first-order valence-corrected chi connectivity index (χ1v) is 9.71. The number of ether oxygens (including phenoxy) is 1. The minimum Gasteiger partial charge on any atom is -0.860 e. The lowest BCUT2D eigenvalue weighted by atomic mass is 10.1. The number of fused-ring (bicyclic) bond motifs is 2. The minimum atomic E-state index is -0.248. The first kappa shape index (κ1) is 16.5. The van der Waals surface area contributed by atoms with Gasteiger partial charge in [0, 0.05) is 18.8 Å². The molecular formula is C19H17N4O3S-. The van der Waals surface area contributed by atoms with Crippen molar-refractivity contribution in [3.8, 4) is 22.3 Å². The second-order valence-corrected chi connectivity index (χ2v) is 7.76. The number of pyridine rings is 1. The van der Waals surface area contributed by atoms with Crippen LogP contribution in [0.1, 0.15) is 18.5 Å². The lowest BCUT2D eigenvalue weighted by Gasteiger charge is -2.24. The topological polar surface area (TPSA) is 85.0 Å². The maximum absolute atomic E-state index is 13.0. The van der Waals surface area contributed by atoms with Crippen LogP contribution in [-0.2, 0) is 11.3 Å². The number of benzene rings is 1. The van der Waals surface area contributed by atoms with Gasteiger partial charge in [-0.25, -0.2) is 4.98 Å². The fourth-order valence-electron chi connectivity index (χ4n) is 3.65. The number of thiazole rings is 1. The zero-order valence-corrected chi connectivity index (χ0v) is 15.5. The molecule has 8 heteroatoms. The van der Waals surface area contributed by atoms with Crippen molar-refractivity contribution in [3.05, 3.63) is 46.4 Å². The molecule has 27 heavy (non-hydrogen) atoms. The molecule has 0 radical (unpaired) electrons. The first-order chi connectivity index (χ1) is 13.1. The van der Waals surface area contributed by atoms with E-state index < -0.39 is 0 Å². The van der Waals surface area contributed by atoms with Gasteiger partial charge in [-0.05, 0) is 43.8 Å². The number of hydrogen-bond donors (Lipinski definition) is 0.